The van der Waals surface area contributed by atoms with Crippen molar-refractivity contribution in [3.63, 3.8) is 0 Å². The molecule has 1 aromatic rings. The lowest BCUT2D eigenvalue weighted by molar-refractivity contribution is -0.192. The zero-order chi connectivity index (χ0) is 22.0. The maximum Gasteiger partial charge on any atom is 0.490 e. The van der Waals surface area contributed by atoms with Crippen molar-refractivity contribution in [3.8, 4) is 0 Å². The Morgan fingerprint density at radius 3 is 2.21 bits per heavy atom. The Morgan fingerprint density at radius 1 is 1.24 bits per heavy atom. The summed E-state index contributed by atoms with van der Waals surface area (Å²) in [7, 11) is 0. The quantitative estimate of drug-likeness (QED) is 0.735. The van der Waals surface area contributed by atoms with Gasteiger partial charge in [0.2, 0.25) is 0 Å². The van der Waals surface area contributed by atoms with E-state index in [0.717, 1.165) is 32.7 Å². The first kappa shape index (κ1) is 23.2. The largest absolute Gasteiger partial charge is 0.490 e. The van der Waals surface area contributed by atoms with Crippen LogP contribution in [0.15, 0.2) is 12.1 Å². The molecule has 0 aliphatic carbocycles. The summed E-state index contributed by atoms with van der Waals surface area (Å²) in [6.45, 7) is 12.7. The summed E-state index contributed by atoms with van der Waals surface area (Å²) >= 11 is 0. The van der Waals surface area contributed by atoms with Crippen LogP contribution in [0.5, 0.6) is 0 Å². The van der Waals surface area contributed by atoms with E-state index in [1.165, 1.54) is 29.2 Å². The molecule has 0 saturated carbocycles. The van der Waals surface area contributed by atoms with Crippen LogP contribution >= 0.6 is 0 Å². The van der Waals surface area contributed by atoms with Crippen molar-refractivity contribution in [1.29, 1.82) is 0 Å². The zero-order valence-electron chi connectivity index (χ0n) is 17.0. The lowest BCUT2D eigenvalue weighted by Crippen LogP contribution is -2.61. The third kappa shape index (κ3) is 6.17. The minimum Gasteiger partial charge on any atom is -0.475 e. The molecule has 2 N–H and O–H groups in total. The van der Waals surface area contributed by atoms with E-state index in [1.54, 1.807) is 0 Å². The van der Waals surface area contributed by atoms with Crippen molar-refractivity contribution < 1.29 is 32.6 Å². The predicted octanol–water partition coefficient (Wildman–Crippen LogP) is 2.76. The van der Waals surface area contributed by atoms with Crippen LogP contribution < -0.4 is 5.32 Å². The highest BCUT2D eigenvalue weighted by Gasteiger charge is 2.41. The number of halogens is 3. The molecule has 162 valence electrons. The van der Waals surface area contributed by atoms with Gasteiger partial charge < -0.3 is 15.2 Å². The molecular formula is C20H27F3N2O4. The molecule has 2 heterocycles. The second-order valence-corrected chi connectivity index (χ2v) is 7.98. The van der Waals surface area contributed by atoms with Crippen molar-refractivity contribution in [1.82, 2.24) is 10.2 Å². The van der Waals surface area contributed by atoms with E-state index in [-0.39, 0.29) is 11.6 Å². The predicted molar refractivity (Wildman–Crippen MR) is 101 cm³/mol. The number of aliphatic carboxylic acids is 1. The molecule has 2 aliphatic heterocycles. The third-order valence-corrected chi connectivity index (χ3v) is 5.09. The highest BCUT2D eigenvalue weighted by molar-refractivity contribution is 5.73. The molecule has 0 bridgehead atoms. The van der Waals surface area contributed by atoms with Gasteiger partial charge in [0.25, 0.3) is 0 Å². The Balaban J connectivity index is 0.000000370. The Labute approximate surface area is 168 Å². The number of carbonyl (C=O) groups is 2. The number of carboxylic acids is 1. The molecule has 9 heteroatoms. The average molecular weight is 416 g/mol. The number of carboxylic acid groups (broad SMARTS) is 1. The Morgan fingerprint density at radius 2 is 1.79 bits per heavy atom. The highest BCUT2D eigenvalue weighted by Crippen LogP contribution is 2.30. The highest BCUT2D eigenvalue weighted by atomic mass is 19.4. The van der Waals surface area contributed by atoms with Gasteiger partial charge in [0.1, 0.15) is 5.60 Å². The fourth-order valence-electron chi connectivity index (χ4n) is 3.68. The SMILES string of the molecule is CC(=O)OC1(C)CN(Cc2cc(C)c(C3CNC3)cc2C)C1.O=C(O)C(F)(F)F. The van der Waals surface area contributed by atoms with Crippen LogP contribution in [0.2, 0.25) is 0 Å². The molecule has 3 rings (SSSR count). The number of ether oxygens (including phenoxy) is 1. The average Bonchev–Trinajstić information content (AvgIpc) is 2.47. The van der Waals surface area contributed by atoms with Gasteiger partial charge in [-0.2, -0.15) is 13.2 Å². The summed E-state index contributed by atoms with van der Waals surface area (Å²) in [5, 5.41) is 10.5. The van der Waals surface area contributed by atoms with Crippen LogP contribution in [0.3, 0.4) is 0 Å². The molecule has 0 radical (unpaired) electrons. The number of rotatable bonds is 4. The summed E-state index contributed by atoms with van der Waals surface area (Å²) in [6.07, 6.45) is -5.08. The van der Waals surface area contributed by atoms with Gasteiger partial charge in [-0.15, -0.1) is 0 Å². The molecule has 0 amide bonds. The van der Waals surface area contributed by atoms with Gasteiger partial charge in [0.05, 0.1) is 0 Å². The second-order valence-electron chi connectivity index (χ2n) is 7.98. The molecule has 0 spiro atoms. The number of hydrogen-bond acceptors (Lipinski definition) is 5. The summed E-state index contributed by atoms with van der Waals surface area (Å²) in [6, 6.07) is 4.70. The van der Waals surface area contributed by atoms with Crippen LogP contribution in [0.4, 0.5) is 13.2 Å². The fraction of sp³-hybridized carbons (Fsp3) is 0.600. The number of nitrogens with zero attached hydrogens (tertiary/aromatic N) is 1. The maximum absolute atomic E-state index is 11.1. The van der Waals surface area contributed by atoms with E-state index in [1.807, 2.05) is 6.92 Å². The van der Waals surface area contributed by atoms with Crippen molar-refractivity contribution in [2.24, 2.45) is 0 Å². The van der Waals surface area contributed by atoms with Gasteiger partial charge in [-0.1, -0.05) is 12.1 Å². The van der Waals surface area contributed by atoms with Gasteiger partial charge in [0.15, 0.2) is 0 Å². The standard InChI is InChI=1S/C18H26N2O2.C2HF3O2/c1-12-6-17(16-7-19-8-16)13(2)5-15(12)9-20-10-18(4,11-20)22-14(3)21;3-2(4,5)1(6)7/h5-6,16,19H,7-11H2,1-4H3;(H,6,7). The van der Waals surface area contributed by atoms with E-state index in [2.05, 4.69) is 36.2 Å². The third-order valence-electron chi connectivity index (χ3n) is 5.09. The molecule has 0 aromatic heterocycles. The van der Waals surface area contributed by atoms with Crippen LogP contribution in [0.1, 0.15) is 42.0 Å². The summed E-state index contributed by atoms with van der Waals surface area (Å²) in [4.78, 5) is 22.3. The summed E-state index contributed by atoms with van der Waals surface area (Å²) < 4.78 is 37.1. The second kappa shape index (κ2) is 8.71. The molecule has 6 nitrogen and oxygen atoms in total. The van der Waals surface area contributed by atoms with Crippen molar-refractivity contribution >= 4 is 11.9 Å². The minimum absolute atomic E-state index is 0.187. The van der Waals surface area contributed by atoms with Crippen molar-refractivity contribution in [3.05, 3.63) is 34.4 Å². The monoisotopic (exact) mass is 416 g/mol. The van der Waals surface area contributed by atoms with E-state index in [9.17, 15) is 18.0 Å². The van der Waals surface area contributed by atoms with Crippen molar-refractivity contribution in [2.75, 3.05) is 26.2 Å². The van der Waals surface area contributed by atoms with Crippen LogP contribution in [0, 0.1) is 13.8 Å². The lowest BCUT2D eigenvalue weighted by atomic mass is 9.87. The van der Waals surface area contributed by atoms with Gasteiger partial charge >= 0.3 is 18.1 Å². The molecular weight excluding hydrogens is 389 g/mol. The fourth-order valence-corrected chi connectivity index (χ4v) is 3.68. The topological polar surface area (TPSA) is 78.9 Å². The van der Waals surface area contributed by atoms with Crippen LogP contribution in [-0.2, 0) is 20.9 Å². The Bertz CT molecular complexity index is 770. The first-order valence-corrected chi connectivity index (χ1v) is 9.33. The minimum atomic E-state index is -5.08. The Hall–Kier alpha value is -2.13. The van der Waals surface area contributed by atoms with Gasteiger partial charge in [-0.25, -0.2) is 4.79 Å². The number of hydrogen-bond donors (Lipinski definition) is 2. The van der Waals surface area contributed by atoms with E-state index < -0.39 is 12.1 Å². The zero-order valence-corrected chi connectivity index (χ0v) is 17.0. The van der Waals surface area contributed by atoms with Gasteiger partial charge in [-0.3, -0.25) is 9.69 Å². The number of alkyl halides is 3. The molecule has 0 unspecified atom stereocenters. The van der Waals surface area contributed by atoms with E-state index in [0.29, 0.717) is 5.92 Å². The number of carbonyl (C=O) groups excluding carboxylic acids is 1. The number of esters is 1. The first-order chi connectivity index (χ1) is 13.3. The summed E-state index contributed by atoms with van der Waals surface area (Å²) in [5.74, 6) is -2.26. The summed E-state index contributed by atoms with van der Waals surface area (Å²) in [5.41, 5.74) is 5.35. The van der Waals surface area contributed by atoms with Gasteiger partial charge in [-0.05, 0) is 43.0 Å². The molecule has 0 atom stereocenters. The maximum atomic E-state index is 11.1. The Kier molecular flexibility index (Phi) is 6.95. The van der Waals surface area contributed by atoms with E-state index in [4.69, 9.17) is 14.6 Å². The van der Waals surface area contributed by atoms with Crippen molar-refractivity contribution in [2.45, 2.75) is 51.9 Å². The smallest absolute Gasteiger partial charge is 0.475 e. The molecule has 1 aromatic carbocycles. The number of benzene rings is 1. The number of nitrogens with one attached hydrogen (secondary N) is 1. The molecule has 29 heavy (non-hydrogen) atoms. The van der Waals surface area contributed by atoms with E-state index >= 15 is 0 Å². The van der Waals surface area contributed by atoms with Gasteiger partial charge in [0, 0.05) is 45.6 Å². The first-order valence-electron chi connectivity index (χ1n) is 9.33. The molecule has 2 saturated heterocycles. The van der Waals surface area contributed by atoms with Crippen LogP contribution in [0.25, 0.3) is 0 Å². The molecule has 2 aliphatic rings. The number of aryl methyl sites for hydroxylation is 2. The van der Waals surface area contributed by atoms with Crippen LogP contribution in [-0.4, -0.2) is 59.9 Å². The number of likely N-dealkylation sites (tertiary alicyclic amines) is 1. The lowest BCUT2D eigenvalue weighted by Gasteiger charge is -2.47. The molecule has 2 fully saturated rings. The normalized spacial score (nSPS) is 18.7.